The monoisotopic (exact) mass is 262 g/mol. The molecule has 1 heterocycles. The molecule has 0 aliphatic rings. The van der Waals surface area contributed by atoms with Gasteiger partial charge in [-0.2, -0.15) is 5.26 Å². The molecule has 0 saturated carbocycles. The van der Waals surface area contributed by atoms with E-state index in [1.54, 1.807) is 36.4 Å². The van der Waals surface area contributed by atoms with Crippen molar-refractivity contribution >= 4 is 9.84 Å². The van der Waals surface area contributed by atoms with Crippen LogP contribution >= 0.6 is 0 Å². The number of nitrogens with zero attached hydrogens (tertiary/aromatic N) is 4. The number of hydrogen-bond acceptors (Lipinski definition) is 5. The SMILES string of the molecule is N#Cc1ncn(CCS(=O)(=O)c2ccccc2)n1. The molecule has 0 radical (unpaired) electrons. The van der Waals surface area contributed by atoms with Crippen molar-refractivity contribution in [3.05, 3.63) is 42.5 Å². The molecule has 0 aliphatic carbocycles. The fraction of sp³-hybridized carbons (Fsp3) is 0.182. The molecule has 2 rings (SSSR count). The van der Waals surface area contributed by atoms with Crippen molar-refractivity contribution in [3.63, 3.8) is 0 Å². The second-order valence-electron chi connectivity index (χ2n) is 3.57. The number of nitriles is 1. The van der Waals surface area contributed by atoms with Gasteiger partial charge >= 0.3 is 0 Å². The molecule has 0 amide bonds. The number of rotatable bonds is 4. The Kier molecular flexibility index (Phi) is 3.39. The zero-order valence-corrected chi connectivity index (χ0v) is 10.2. The van der Waals surface area contributed by atoms with Crippen LogP contribution in [0.4, 0.5) is 0 Å². The number of aromatic nitrogens is 3. The third-order valence-corrected chi connectivity index (χ3v) is 4.04. The molecular weight excluding hydrogens is 252 g/mol. The standard InChI is InChI=1S/C11H10N4O2S/c12-8-11-13-9-15(14-11)6-7-18(16,17)10-4-2-1-3-5-10/h1-5,9H,6-7H2. The van der Waals surface area contributed by atoms with Crippen molar-refractivity contribution in [2.24, 2.45) is 0 Å². The molecule has 0 saturated heterocycles. The molecule has 6 nitrogen and oxygen atoms in total. The average molecular weight is 262 g/mol. The minimum atomic E-state index is -3.33. The molecule has 2 aromatic rings. The molecule has 0 N–H and O–H groups in total. The van der Waals surface area contributed by atoms with E-state index in [2.05, 4.69) is 10.1 Å². The normalized spacial score (nSPS) is 11.1. The van der Waals surface area contributed by atoms with Crippen LogP contribution in [-0.4, -0.2) is 28.9 Å². The van der Waals surface area contributed by atoms with Gasteiger partial charge in [-0.1, -0.05) is 18.2 Å². The van der Waals surface area contributed by atoms with Crippen molar-refractivity contribution in [1.82, 2.24) is 14.8 Å². The van der Waals surface area contributed by atoms with E-state index in [-0.39, 0.29) is 23.0 Å². The summed E-state index contributed by atoms with van der Waals surface area (Å²) in [5, 5.41) is 12.4. The second-order valence-corrected chi connectivity index (χ2v) is 5.68. The summed E-state index contributed by atoms with van der Waals surface area (Å²) in [6, 6.07) is 10.0. The summed E-state index contributed by atoms with van der Waals surface area (Å²) >= 11 is 0. The Balaban J connectivity index is 2.09. The Bertz CT molecular complexity index is 671. The zero-order chi connectivity index (χ0) is 13.0. The maximum atomic E-state index is 12.0. The Morgan fingerprint density at radius 3 is 2.61 bits per heavy atom. The Morgan fingerprint density at radius 2 is 2.00 bits per heavy atom. The van der Waals surface area contributed by atoms with Crippen molar-refractivity contribution in [2.75, 3.05) is 5.75 Å². The van der Waals surface area contributed by atoms with E-state index in [0.717, 1.165) is 0 Å². The van der Waals surface area contributed by atoms with Crippen LogP contribution < -0.4 is 0 Å². The van der Waals surface area contributed by atoms with E-state index in [1.807, 2.05) is 0 Å². The van der Waals surface area contributed by atoms with Crippen LogP contribution in [-0.2, 0) is 16.4 Å². The van der Waals surface area contributed by atoms with Gasteiger partial charge in [-0.05, 0) is 12.1 Å². The van der Waals surface area contributed by atoms with Crippen LogP contribution in [0.2, 0.25) is 0 Å². The van der Waals surface area contributed by atoms with Gasteiger partial charge in [0.05, 0.1) is 17.2 Å². The highest BCUT2D eigenvalue weighted by Gasteiger charge is 2.14. The average Bonchev–Trinajstić information content (AvgIpc) is 2.86. The van der Waals surface area contributed by atoms with Gasteiger partial charge in [-0.25, -0.2) is 13.4 Å². The van der Waals surface area contributed by atoms with Gasteiger partial charge in [0, 0.05) is 0 Å². The molecule has 0 unspecified atom stereocenters. The first-order valence-corrected chi connectivity index (χ1v) is 6.84. The number of aryl methyl sites for hydroxylation is 1. The summed E-state index contributed by atoms with van der Waals surface area (Å²) < 4.78 is 25.3. The van der Waals surface area contributed by atoms with E-state index < -0.39 is 9.84 Å². The first kappa shape index (κ1) is 12.3. The first-order chi connectivity index (χ1) is 8.62. The lowest BCUT2D eigenvalue weighted by molar-refractivity contribution is 0.580. The van der Waals surface area contributed by atoms with E-state index in [0.29, 0.717) is 0 Å². The summed E-state index contributed by atoms with van der Waals surface area (Å²) in [7, 11) is -3.33. The summed E-state index contributed by atoms with van der Waals surface area (Å²) in [5.74, 6) is -0.0438. The van der Waals surface area contributed by atoms with Gasteiger partial charge in [0.25, 0.3) is 5.82 Å². The van der Waals surface area contributed by atoms with E-state index in [1.165, 1.54) is 11.0 Å². The lowest BCUT2D eigenvalue weighted by Gasteiger charge is -2.03. The molecule has 92 valence electrons. The molecule has 18 heavy (non-hydrogen) atoms. The van der Waals surface area contributed by atoms with Crippen molar-refractivity contribution < 1.29 is 8.42 Å². The van der Waals surface area contributed by atoms with Gasteiger partial charge < -0.3 is 0 Å². The fourth-order valence-corrected chi connectivity index (χ4v) is 2.65. The minimum Gasteiger partial charge on any atom is -0.251 e. The molecule has 1 aromatic heterocycles. The summed E-state index contributed by atoms with van der Waals surface area (Å²) in [6.45, 7) is 0.173. The molecule has 1 aromatic carbocycles. The highest BCUT2D eigenvalue weighted by atomic mass is 32.2. The second kappa shape index (κ2) is 4.98. The summed E-state index contributed by atoms with van der Waals surface area (Å²) in [5.41, 5.74) is 0. The Hall–Kier alpha value is -2.20. The molecule has 0 fully saturated rings. The van der Waals surface area contributed by atoms with Crippen molar-refractivity contribution in [3.8, 4) is 6.07 Å². The van der Waals surface area contributed by atoms with Crippen LogP contribution in [0.5, 0.6) is 0 Å². The molecule has 0 atom stereocenters. The third-order valence-electron chi connectivity index (χ3n) is 2.33. The quantitative estimate of drug-likeness (QED) is 0.806. The largest absolute Gasteiger partial charge is 0.252 e. The van der Waals surface area contributed by atoms with E-state index in [9.17, 15) is 8.42 Å². The Morgan fingerprint density at radius 1 is 1.28 bits per heavy atom. The van der Waals surface area contributed by atoms with Crippen LogP contribution in [0, 0.1) is 11.3 Å². The molecule has 0 aliphatic heterocycles. The lowest BCUT2D eigenvalue weighted by atomic mass is 10.4. The number of hydrogen-bond donors (Lipinski definition) is 0. The van der Waals surface area contributed by atoms with Gasteiger partial charge in [0.1, 0.15) is 12.4 Å². The summed E-state index contributed by atoms with van der Waals surface area (Å²) in [4.78, 5) is 3.99. The van der Waals surface area contributed by atoms with Crippen LogP contribution in [0.25, 0.3) is 0 Å². The molecule has 0 spiro atoms. The van der Waals surface area contributed by atoms with Crippen LogP contribution in [0.15, 0.2) is 41.6 Å². The number of sulfone groups is 1. The van der Waals surface area contributed by atoms with Crippen LogP contribution in [0.1, 0.15) is 5.82 Å². The highest BCUT2D eigenvalue weighted by molar-refractivity contribution is 7.91. The summed E-state index contributed by atoms with van der Waals surface area (Å²) in [6.07, 6.45) is 1.35. The smallest absolute Gasteiger partial charge is 0.251 e. The van der Waals surface area contributed by atoms with Gasteiger partial charge in [-0.3, -0.25) is 4.68 Å². The number of benzene rings is 1. The van der Waals surface area contributed by atoms with Gasteiger partial charge in [-0.15, -0.1) is 5.10 Å². The fourth-order valence-electron chi connectivity index (χ4n) is 1.41. The molecular formula is C11H10N4O2S. The topological polar surface area (TPSA) is 88.6 Å². The van der Waals surface area contributed by atoms with E-state index >= 15 is 0 Å². The van der Waals surface area contributed by atoms with Crippen molar-refractivity contribution in [2.45, 2.75) is 11.4 Å². The third kappa shape index (κ3) is 2.73. The molecule has 7 heteroatoms. The van der Waals surface area contributed by atoms with Crippen molar-refractivity contribution in [1.29, 1.82) is 5.26 Å². The van der Waals surface area contributed by atoms with Crippen LogP contribution in [0.3, 0.4) is 0 Å². The predicted octanol–water partition coefficient (Wildman–Crippen LogP) is 0.624. The Labute approximate surface area is 104 Å². The zero-order valence-electron chi connectivity index (χ0n) is 9.39. The van der Waals surface area contributed by atoms with Gasteiger partial charge in [0.2, 0.25) is 0 Å². The maximum Gasteiger partial charge on any atom is 0.252 e. The minimum absolute atomic E-state index is 0.0344. The lowest BCUT2D eigenvalue weighted by Crippen LogP contribution is -2.13. The molecule has 0 bridgehead atoms. The first-order valence-electron chi connectivity index (χ1n) is 5.19. The predicted molar refractivity (Wildman–Crippen MR) is 63.2 cm³/mol. The van der Waals surface area contributed by atoms with Gasteiger partial charge in [0.15, 0.2) is 9.84 Å². The van der Waals surface area contributed by atoms with E-state index in [4.69, 9.17) is 5.26 Å². The highest BCUT2D eigenvalue weighted by Crippen LogP contribution is 2.10. The maximum absolute atomic E-state index is 12.0.